The fourth-order valence-electron chi connectivity index (χ4n) is 6.04. The number of rotatable bonds is 11. The number of carboxylic acid groups (broad SMARTS) is 1. The van der Waals surface area contributed by atoms with Gasteiger partial charge in [-0.3, -0.25) is 24.5 Å². The van der Waals surface area contributed by atoms with Gasteiger partial charge in [0.25, 0.3) is 0 Å². The smallest absolute Gasteiger partial charge is 0.323 e. The Morgan fingerprint density at radius 1 is 1.00 bits per heavy atom. The topological polar surface area (TPSA) is 116 Å². The fourth-order valence-corrected chi connectivity index (χ4v) is 6.30. The van der Waals surface area contributed by atoms with Crippen LogP contribution in [0.1, 0.15) is 35.4 Å². The molecule has 0 radical (unpaired) electrons. The summed E-state index contributed by atoms with van der Waals surface area (Å²) in [6.07, 6.45) is 4.93. The molecule has 10 heteroatoms. The molecule has 0 saturated carbocycles. The SMILES string of the molecule is CN(CC(=O)O)C(=O)[C@H](Cc1ccc(Br)cc1)N1CC/C=C\C[C@H](NCC(=O)OCC2c3ccccc3-c3ccccc32)C1=O. The molecule has 0 bridgehead atoms. The van der Waals surface area contributed by atoms with Crippen LogP contribution >= 0.6 is 15.9 Å². The van der Waals surface area contributed by atoms with E-state index in [0.717, 1.165) is 37.2 Å². The van der Waals surface area contributed by atoms with Crippen molar-refractivity contribution in [2.45, 2.75) is 37.3 Å². The van der Waals surface area contributed by atoms with E-state index >= 15 is 0 Å². The third kappa shape index (κ3) is 7.69. The lowest BCUT2D eigenvalue weighted by atomic mass is 9.98. The molecule has 45 heavy (non-hydrogen) atoms. The maximum Gasteiger partial charge on any atom is 0.323 e. The van der Waals surface area contributed by atoms with E-state index in [1.54, 1.807) is 0 Å². The highest BCUT2D eigenvalue weighted by Gasteiger charge is 2.36. The van der Waals surface area contributed by atoms with Crippen molar-refractivity contribution in [2.24, 2.45) is 0 Å². The third-order valence-electron chi connectivity index (χ3n) is 8.27. The van der Waals surface area contributed by atoms with Gasteiger partial charge in [0.2, 0.25) is 11.8 Å². The molecule has 1 heterocycles. The van der Waals surface area contributed by atoms with Crippen molar-refractivity contribution >= 4 is 39.7 Å². The van der Waals surface area contributed by atoms with Gasteiger partial charge in [-0.05, 0) is 52.8 Å². The van der Waals surface area contributed by atoms with Gasteiger partial charge < -0.3 is 19.6 Å². The van der Waals surface area contributed by atoms with Crippen LogP contribution in [-0.4, -0.2) is 84.0 Å². The van der Waals surface area contributed by atoms with E-state index in [0.29, 0.717) is 12.8 Å². The van der Waals surface area contributed by atoms with Crippen LogP contribution in [0.4, 0.5) is 0 Å². The minimum absolute atomic E-state index is 0.0732. The van der Waals surface area contributed by atoms with E-state index in [4.69, 9.17) is 4.74 Å². The van der Waals surface area contributed by atoms with Crippen LogP contribution in [0.25, 0.3) is 11.1 Å². The minimum atomic E-state index is -1.14. The van der Waals surface area contributed by atoms with E-state index in [9.17, 15) is 24.3 Å². The van der Waals surface area contributed by atoms with Crippen molar-refractivity contribution < 1.29 is 29.0 Å². The van der Waals surface area contributed by atoms with E-state index in [2.05, 4.69) is 45.5 Å². The second-order valence-electron chi connectivity index (χ2n) is 11.3. The van der Waals surface area contributed by atoms with Gasteiger partial charge in [0.05, 0.1) is 12.6 Å². The Hall–Kier alpha value is -4.28. The number of benzene rings is 3. The fraction of sp³-hybridized carbons (Fsp3) is 0.314. The van der Waals surface area contributed by atoms with Crippen LogP contribution < -0.4 is 5.32 Å². The summed E-state index contributed by atoms with van der Waals surface area (Å²) in [5.41, 5.74) is 5.34. The molecule has 1 aliphatic carbocycles. The first-order valence-corrected chi connectivity index (χ1v) is 15.8. The van der Waals surface area contributed by atoms with Crippen LogP contribution in [0.2, 0.25) is 0 Å². The molecule has 0 fully saturated rings. The van der Waals surface area contributed by atoms with Crippen molar-refractivity contribution in [3.05, 3.63) is 106 Å². The Morgan fingerprint density at radius 3 is 2.29 bits per heavy atom. The molecule has 2 amide bonds. The number of hydrogen-bond acceptors (Lipinski definition) is 6. The number of carbonyl (C=O) groups excluding carboxylic acids is 3. The Labute approximate surface area is 271 Å². The quantitative estimate of drug-likeness (QED) is 0.229. The highest BCUT2D eigenvalue weighted by atomic mass is 79.9. The standard InChI is InChI=1S/C35H36BrN3O6/c1-38(21-32(40)41)35(44)31(19-23-14-16-24(36)17-15-23)39-18-8-2-3-13-30(34(39)43)37-20-33(42)45-22-29-27-11-6-4-9-25(27)26-10-5-7-12-28(26)29/h2-7,9-12,14-17,29-31,37H,8,13,18-22H2,1H3,(H,40,41)/b3-2-/t30-,31-/m0/s1. The van der Waals surface area contributed by atoms with Crippen LogP contribution in [0.15, 0.2) is 89.4 Å². The predicted molar refractivity (Wildman–Crippen MR) is 173 cm³/mol. The zero-order valence-electron chi connectivity index (χ0n) is 25.0. The first-order valence-electron chi connectivity index (χ1n) is 15.0. The minimum Gasteiger partial charge on any atom is -0.480 e. The summed E-state index contributed by atoms with van der Waals surface area (Å²) >= 11 is 3.42. The van der Waals surface area contributed by atoms with Gasteiger partial charge in [-0.25, -0.2) is 0 Å². The summed E-state index contributed by atoms with van der Waals surface area (Å²) in [7, 11) is 1.42. The van der Waals surface area contributed by atoms with Gasteiger partial charge in [0.15, 0.2) is 0 Å². The number of aliphatic carboxylic acids is 1. The van der Waals surface area contributed by atoms with Gasteiger partial charge in [-0.2, -0.15) is 0 Å². The normalized spacial score (nSPS) is 17.4. The summed E-state index contributed by atoms with van der Waals surface area (Å²) in [5.74, 6) is -2.49. The first kappa shape index (κ1) is 32.1. The van der Waals surface area contributed by atoms with E-state index in [1.165, 1.54) is 11.9 Å². The van der Waals surface area contributed by atoms with Crippen molar-refractivity contribution in [2.75, 3.05) is 33.3 Å². The summed E-state index contributed by atoms with van der Waals surface area (Å²) in [6.45, 7) is -0.218. The third-order valence-corrected chi connectivity index (χ3v) is 8.80. The predicted octanol–water partition coefficient (Wildman–Crippen LogP) is 4.40. The molecule has 0 saturated heterocycles. The summed E-state index contributed by atoms with van der Waals surface area (Å²) < 4.78 is 6.60. The number of halogens is 1. The van der Waals surface area contributed by atoms with Crippen molar-refractivity contribution in [1.82, 2.24) is 15.1 Å². The molecule has 3 aromatic carbocycles. The molecule has 0 unspecified atom stereocenters. The number of carbonyl (C=O) groups is 4. The average molecular weight is 675 g/mol. The Morgan fingerprint density at radius 2 is 1.64 bits per heavy atom. The molecule has 2 aliphatic rings. The van der Waals surface area contributed by atoms with Crippen molar-refractivity contribution in [1.29, 1.82) is 0 Å². The van der Waals surface area contributed by atoms with Gasteiger partial charge >= 0.3 is 11.9 Å². The van der Waals surface area contributed by atoms with Gasteiger partial charge in [0, 0.05) is 30.4 Å². The highest BCUT2D eigenvalue weighted by molar-refractivity contribution is 9.10. The number of ether oxygens (including phenoxy) is 1. The molecule has 2 N–H and O–H groups in total. The van der Waals surface area contributed by atoms with E-state index < -0.39 is 36.5 Å². The first-order chi connectivity index (χ1) is 21.7. The van der Waals surface area contributed by atoms with Crippen molar-refractivity contribution in [3.63, 3.8) is 0 Å². The van der Waals surface area contributed by atoms with Crippen LogP contribution in [-0.2, 0) is 30.3 Å². The second-order valence-corrected chi connectivity index (χ2v) is 12.2. The molecule has 2 atom stereocenters. The van der Waals surface area contributed by atoms with E-state index in [-0.39, 0.29) is 37.9 Å². The maximum absolute atomic E-state index is 14.0. The van der Waals surface area contributed by atoms with E-state index in [1.807, 2.05) is 60.7 Å². The molecule has 1 aliphatic heterocycles. The molecule has 234 valence electrons. The van der Waals surface area contributed by atoms with Gasteiger partial charge in [-0.15, -0.1) is 0 Å². The van der Waals surface area contributed by atoms with Crippen LogP contribution in [0.5, 0.6) is 0 Å². The number of nitrogens with one attached hydrogen (secondary N) is 1. The lowest BCUT2D eigenvalue weighted by Crippen LogP contribution is -2.57. The Balaban J connectivity index is 1.27. The Kier molecular flexibility index (Phi) is 10.5. The number of esters is 1. The zero-order valence-corrected chi connectivity index (χ0v) is 26.6. The van der Waals surface area contributed by atoms with Gasteiger partial charge in [-0.1, -0.05) is 88.7 Å². The lowest BCUT2D eigenvalue weighted by Gasteiger charge is -2.36. The number of amides is 2. The summed E-state index contributed by atoms with van der Waals surface area (Å²) in [6, 6.07) is 22.0. The van der Waals surface area contributed by atoms with Gasteiger partial charge in [0.1, 0.15) is 19.2 Å². The molecular weight excluding hydrogens is 638 g/mol. The summed E-state index contributed by atoms with van der Waals surface area (Å²) in [5, 5.41) is 12.4. The number of carboxylic acids is 1. The van der Waals surface area contributed by atoms with Crippen LogP contribution in [0.3, 0.4) is 0 Å². The summed E-state index contributed by atoms with van der Waals surface area (Å²) in [4.78, 5) is 54.6. The zero-order chi connectivity index (χ0) is 31.9. The monoisotopic (exact) mass is 673 g/mol. The molecule has 9 nitrogen and oxygen atoms in total. The second kappa shape index (κ2) is 14.7. The van der Waals surface area contributed by atoms with Crippen LogP contribution in [0, 0.1) is 0 Å². The maximum atomic E-state index is 14.0. The highest BCUT2D eigenvalue weighted by Crippen LogP contribution is 2.44. The molecule has 3 aromatic rings. The lowest BCUT2D eigenvalue weighted by molar-refractivity contribution is -0.150. The molecular formula is C35H36BrN3O6. The largest absolute Gasteiger partial charge is 0.480 e. The molecule has 0 spiro atoms. The number of nitrogens with zero attached hydrogens (tertiary/aromatic N) is 2. The molecule has 5 rings (SSSR count). The van der Waals surface area contributed by atoms with Crippen molar-refractivity contribution in [3.8, 4) is 11.1 Å². The average Bonchev–Trinajstić information content (AvgIpc) is 3.35. The number of hydrogen-bond donors (Lipinski definition) is 2. The Bertz CT molecular complexity index is 1540. The number of likely N-dealkylation sites (N-methyl/N-ethyl adjacent to an activating group) is 1. The number of fused-ring (bicyclic) bond motifs is 3. The molecule has 0 aromatic heterocycles.